The SMILES string of the molecule is COCCn1cnnc1CN(C)C(=O)[C@H]1CCOc2ccccc2C1. The first kappa shape index (κ1) is 17.4. The molecule has 1 amide bonds. The van der Waals surface area contributed by atoms with Crippen LogP contribution in [-0.2, 0) is 29.0 Å². The van der Waals surface area contributed by atoms with Gasteiger partial charge in [-0.05, 0) is 24.5 Å². The summed E-state index contributed by atoms with van der Waals surface area (Å²) in [5.41, 5.74) is 1.09. The summed E-state index contributed by atoms with van der Waals surface area (Å²) in [7, 11) is 3.47. The summed E-state index contributed by atoms with van der Waals surface area (Å²) in [4.78, 5) is 14.6. The monoisotopic (exact) mass is 344 g/mol. The fourth-order valence-electron chi connectivity index (χ4n) is 3.08. The van der Waals surface area contributed by atoms with E-state index in [1.807, 2.05) is 35.9 Å². The maximum atomic E-state index is 12.9. The summed E-state index contributed by atoms with van der Waals surface area (Å²) >= 11 is 0. The quantitative estimate of drug-likeness (QED) is 0.795. The number of hydrogen-bond donors (Lipinski definition) is 0. The fourth-order valence-corrected chi connectivity index (χ4v) is 3.08. The van der Waals surface area contributed by atoms with Crippen molar-refractivity contribution in [2.75, 3.05) is 27.4 Å². The Bertz CT molecular complexity index is 716. The molecule has 25 heavy (non-hydrogen) atoms. The van der Waals surface area contributed by atoms with Crippen molar-refractivity contribution in [3.8, 4) is 5.75 Å². The predicted octanol–water partition coefficient (Wildman–Crippen LogP) is 1.52. The van der Waals surface area contributed by atoms with Gasteiger partial charge in [-0.15, -0.1) is 10.2 Å². The second kappa shape index (κ2) is 8.11. The Hall–Kier alpha value is -2.41. The number of ether oxygens (including phenoxy) is 2. The minimum Gasteiger partial charge on any atom is -0.493 e. The highest BCUT2D eigenvalue weighted by molar-refractivity contribution is 5.79. The van der Waals surface area contributed by atoms with Crippen LogP contribution in [0.4, 0.5) is 0 Å². The predicted molar refractivity (Wildman–Crippen MR) is 92.1 cm³/mol. The average Bonchev–Trinajstić information content (AvgIpc) is 2.94. The van der Waals surface area contributed by atoms with Crippen LogP contribution >= 0.6 is 0 Å². The Labute approximate surface area is 147 Å². The van der Waals surface area contributed by atoms with Gasteiger partial charge in [-0.25, -0.2) is 0 Å². The lowest BCUT2D eigenvalue weighted by molar-refractivity contribution is -0.135. The molecule has 0 radical (unpaired) electrons. The molecular weight excluding hydrogens is 320 g/mol. The van der Waals surface area contributed by atoms with Crippen molar-refractivity contribution >= 4 is 5.91 Å². The summed E-state index contributed by atoms with van der Waals surface area (Å²) in [5, 5.41) is 8.07. The Morgan fingerprint density at radius 2 is 2.28 bits per heavy atom. The van der Waals surface area contributed by atoms with Crippen molar-refractivity contribution in [2.24, 2.45) is 5.92 Å². The lowest BCUT2D eigenvalue weighted by Gasteiger charge is -2.22. The Morgan fingerprint density at radius 1 is 1.44 bits per heavy atom. The normalized spacial score (nSPS) is 16.6. The molecule has 1 atom stereocenters. The van der Waals surface area contributed by atoms with Crippen LogP contribution in [0.1, 0.15) is 17.8 Å². The number of fused-ring (bicyclic) bond motifs is 1. The van der Waals surface area contributed by atoms with E-state index in [4.69, 9.17) is 9.47 Å². The molecule has 1 aliphatic heterocycles. The molecule has 2 heterocycles. The van der Waals surface area contributed by atoms with Crippen molar-refractivity contribution < 1.29 is 14.3 Å². The van der Waals surface area contributed by atoms with E-state index >= 15 is 0 Å². The van der Waals surface area contributed by atoms with Gasteiger partial charge in [-0.1, -0.05) is 18.2 Å². The van der Waals surface area contributed by atoms with Crippen LogP contribution in [0.25, 0.3) is 0 Å². The number of para-hydroxylation sites is 1. The smallest absolute Gasteiger partial charge is 0.226 e. The molecule has 1 aromatic carbocycles. The molecule has 3 rings (SSSR count). The number of amides is 1. The van der Waals surface area contributed by atoms with Crippen LogP contribution in [0, 0.1) is 5.92 Å². The zero-order valence-corrected chi connectivity index (χ0v) is 14.7. The highest BCUT2D eigenvalue weighted by Crippen LogP contribution is 2.27. The second-order valence-corrected chi connectivity index (χ2v) is 6.27. The van der Waals surface area contributed by atoms with E-state index in [0.717, 1.165) is 17.1 Å². The molecule has 1 aromatic heterocycles. The number of carbonyl (C=O) groups is 1. The molecule has 1 aliphatic rings. The number of benzene rings is 1. The molecule has 0 spiro atoms. The number of nitrogens with zero attached hydrogens (tertiary/aromatic N) is 4. The lowest BCUT2D eigenvalue weighted by atomic mass is 9.95. The van der Waals surface area contributed by atoms with Crippen LogP contribution in [-0.4, -0.2) is 52.9 Å². The Morgan fingerprint density at radius 3 is 3.12 bits per heavy atom. The standard InChI is InChI=1S/C18H24N4O3/c1-21(12-17-20-19-13-22(17)8-10-24-2)18(23)15-7-9-25-16-6-4-3-5-14(16)11-15/h3-6,13,15H,7-12H2,1-2H3/t15-/m0/s1. The largest absolute Gasteiger partial charge is 0.493 e. The first-order valence-electron chi connectivity index (χ1n) is 8.50. The van der Waals surface area contributed by atoms with E-state index in [2.05, 4.69) is 10.2 Å². The molecule has 0 saturated carbocycles. The molecule has 7 nitrogen and oxygen atoms in total. The van der Waals surface area contributed by atoms with Crippen LogP contribution in [0.3, 0.4) is 0 Å². The summed E-state index contributed by atoms with van der Waals surface area (Å²) in [5.74, 6) is 1.68. The number of hydrogen-bond acceptors (Lipinski definition) is 5. The number of rotatable bonds is 6. The average molecular weight is 344 g/mol. The van der Waals surface area contributed by atoms with Crippen LogP contribution < -0.4 is 4.74 Å². The van der Waals surface area contributed by atoms with Gasteiger partial charge in [0.15, 0.2) is 5.82 Å². The van der Waals surface area contributed by atoms with Gasteiger partial charge in [0.1, 0.15) is 12.1 Å². The van der Waals surface area contributed by atoms with Gasteiger partial charge < -0.3 is 18.9 Å². The van der Waals surface area contributed by atoms with Gasteiger partial charge in [0.05, 0.1) is 19.8 Å². The number of carbonyl (C=O) groups excluding carboxylic acids is 1. The van der Waals surface area contributed by atoms with Crippen molar-refractivity contribution in [1.29, 1.82) is 0 Å². The molecular formula is C18H24N4O3. The van der Waals surface area contributed by atoms with Gasteiger partial charge in [0.25, 0.3) is 0 Å². The lowest BCUT2D eigenvalue weighted by Crippen LogP contribution is -2.34. The van der Waals surface area contributed by atoms with Crippen LogP contribution in [0.2, 0.25) is 0 Å². The third-order valence-electron chi connectivity index (χ3n) is 4.50. The maximum Gasteiger partial charge on any atom is 0.226 e. The number of methoxy groups -OCH3 is 1. The highest BCUT2D eigenvalue weighted by Gasteiger charge is 2.26. The first-order valence-corrected chi connectivity index (χ1v) is 8.50. The molecule has 0 bridgehead atoms. The molecule has 0 N–H and O–H groups in total. The van der Waals surface area contributed by atoms with Gasteiger partial charge in [0.2, 0.25) is 5.91 Å². The van der Waals surface area contributed by atoms with E-state index in [1.54, 1.807) is 18.3 Å². The molecule has 0 unspecified atom stereocenters. The third kappa shape index (κ3) is 4.17. The van der Waals surface area contributed by atoms with Gasteiger partial charge in [0, 0.05) is 26.6 Å². The molecule has 7 heteroatoms. The van der Waals surface area contributed by atoms with Gasteiger partial charge in [-0.3, -0.25) is 4.79 Å². The minimum atomic E-state index is -0.0796. The summed E-state index contributed by atoms with van der Waals surface area (Å²) < 4.78 is 12.8. The van der Waals surface area contributed by atoms with Crippen LogP contribution in [0.15, 0.2) is 30.6 Å². The van der Waals surface area contributed by atoms with Gasteiger partial charge >= 0.3 is 0 Å². The summed E-state index contributed by atoms with van der Waals surface area (Å²) in [6.07, 6.45) is 3.09. The summed E-state index contributed by atoms with van der Waals surface area (Å²) in [6.45, 7) is 2.25. The van der Waals surface area contributed by atoms with Crippen molar-refractivity contribution in [3.05, 3.63) is 42.0 Å². The minimum absolute atomic E-state index is 0.0796. The molecule has 134 valence electrons. The molecule has 2 aromatic rings. The Kier molecular flexibility index (Phi) is 5.65. The van der Waals surface area contributed by atoms with Crippen LogP contribution in [0.5, 0.6) is 5.75 Å². The van der Waals surface area contributed by atoms with E-state index in [1.165, 1.54) is 0 Å². The van der Waals surface area contributed by atoms with E-state index in [0.29, 0.717) is 39.1 Å². The Balaban J connectivity index is 1.65. The summed E-state index contributed by atoms with van der Waals surface area (Å²) in [6, 6.07) is 7.93. The molecule has 0 aliphatic carbocycles. The molecule has 0 fully saturated rings. The van der Waals surface area contributed by atoms with Gasteiger partial charge in [-0.2, -0.15) is 0 Å². The first-order chi connectivity index (χ1) is 12.2. The second-order valence-electron chi connectivity index (χ2n) is 6.27. The topological polar surface area (TPSA) is 69.5 Å². The zero-order chi connectivity index (χ0) is 17.6. The fraction of sp³-hybridized carbons (Fsp3) is 0.500. The number of aromatic nitrogens is 3. The third-order valence-corrected chi connectivity index (χ3v) is 4.50. The van der Waals surface area contributed by atoms with Crippen molar-refractivity contribution in [2.45, 2.75) is 25.9 Å². The van der Waals surface area contributed by atoms with Crippen molar-refractivity contribution in [3.63, 3.8) is 0 Å². The molecule has 0 saturated heterocycles. The van der Waals surface area contributed by atoms with E-state index in [9.17, 15) is 4.79 Å². The van der Waals surface area contributed by atoms with E-state index in [-0.39, 0.29) is 11.8 Å². The van der Waals surface area contributed by atoms with Crippen molar-refractivity contribution in [1.82, 2.24) is 19.7 Å². The highest BCUT2D eigenvalue weighted by atomic mass is 16.5. The zero-order valence-electron chi connectivity index (χ0n) is 14.7. The van der Waals surface area contributed by atoms with E-state index < -0.39 is 0 Å². The maximum absolute atomic E-state index is 12.9.